The lowest BCUT2D eigenvalue weighted by atomic mass is 9.96. The van der Waals surface area contributed by atoms with Crippen LogP contribution in [0.3, 0.4) is 0 Å². The molecule has 17 heavy (non-hydrogen) atoms. The molecule has 0 aromatic heterocycles. The summed E-state index contributed by atoms with van der Waals surface area (Å²) in [4.78, 5) is 0. The van der Waals surface area contributed by atoms with Crippen molar-refractivity contribution in [1.82, 2.24) is 0 Å². The molecule has 0 aliphatic heterocycles. The molecule has 2 nitrogen and oxygen atoms in total. The molecule has 0 unspecified atom stereocenters. The first kappa shape index (κ1) is 11.2. The van der Waals surface area contributed by atoms with E-state index in [4.69, 9.17) is 11.0 Å². The molecule has 0 fully saturated rings. The lowest BCUT2D eigenvalue weighted by molar-refractivity contribution is 1.14. The Morgan fingerprint density at radius 1 is 1.18 bits per heavy atom. The highest BCUT2D eigenvalue weighted by molar-refractivity contribution is 5.71. The van der Waals surface area contributed by atoms with Crippen molar-refractivity contribution in [1.29, 1.82) is 5.26 Å². The van der Waals surface area contributed by atoms with Crippen LogP contribution in [0.4, 0.5) is 5.69 Å². The number of nitriles is 1. The lowest BCUT2D eigenvalue weighted by Crippen LogP contribution is -1.92. The second kappa shape index (κ2) is 4.71. The van der Waals surface area contributed by atoms with Gasteiger partial charge in [0.2, 0.25) is 0 Å². The van der Waals surface area contributed by atoms with Crippen molar-refractivity contribution in [2.45, 2.75) is 13.3 Å². The number of nitrogens with zero attached hydrogens (tertiary/aromatic N) is 1. The third-order valence-corrected chi connectivity index (χ3v) is 2.81. The van der Waals surface area contributed by atoms with E-state index in [0.717, 1.165) is 23.2 Å². The molecule has 0 amide bonds. The van der Waals surface area contributed by atoms with Crippen LogP contribution in [0.15, 0.2) is 42.5 Å². The Morgan fingerprint density at radius 2 is 2.00 bits per heavy atom. The van der Waals surface area contributed by atoms with Crippen molar-refractivity contribution in [3.05, 3.63) is 53.6 Å². The molecule has 2 aromatic carbocycles. The number of hydrogen-bond donors (Lipinski definition) is 1. The van der Waals surface area contributed by atoms with Gasteiger partial charge in [0.05, 0.1) is 11.6 Å². The zero-order valence-corrected chi connectivity index (χ0v) is 9.77. The van der Waals surface area contributed by atoms with Crippen LogP contribution >= 0.6 is 0 Å². The molecule has 0 heterocycles. The molecule has 0 atom stereocenters. The number of aryl methyl sites for hydroxylation is 1. The molecule has 0 aliphatic rings. The van der Waals surface area contributed by atoms with Gasteiger partial charge in [-0.3, -0.25) is 0 Å². The molecule has 0 aliphatic carbocycles. The number of anilines is 1. The SMILES string of the molecule is CCc1cc(N)ccc1-c1cccc(C#N)c1. The van der Waals surface area contributed by atoms with Crippen LogP contribution in [-0.4, -0.2) is 0 Å². The van der Waals surface area contributed by atoms with Gasteiger partial charge in [-0.05, 0) is 47.4 Å². The molecule has 2 aromatic rings. The van der Waals surface area contributed by atoms with Crippen LogP contribution in [0.1, 0.15) is 18.1 Å². The third-order valence-electron chi connectivity index (χ3n) is 2.81. The zero-order chi connectivity index (χ0) is 12.3. The number of rotatable bonds is 2. The highest BCUT2D eigenvalue weighted by atomic mass is 14.5. The van der Waals surface area contributed by atoms with E-state index >= 15 is 0 Å². The second-order valence-electron chi connectivity index (χ2n) is 3.96. The quantitative estimate of drug-likeness (QED) is 0.792. The van der Waals surface area contributed by atoms with E-state index in [1.807, 2.05) is 42.5 Å². The van der Waals surface area contributed by atoms with Crippen LogP contribution in [0.2, 0.25) is 0 Å². The molecule has 0 saturated heterocycles. The number of nitrogens with two attached hydrogens (primary N) is 1. The molecule has 0 radical (unpaired) electrons. The van der Waals surface area contributed by atoms with Crippen LogP contribution in [0.25, 0.3) is 11.1 Å². The number of nitrogen functional groups attached to an aromatic ring is 1. The summed E-state index contributed by atoms with van der Waals surface area (Å²) in [6.45, 7) is 2.10. The Labute approximate surface area is 101 Å². The van der Waals surface area contributed by atoms with Crippen LogP contribution in [0, 0.1) is 11.3 Å². The van der Waals surface area contributed by atoms with E-state index in [1.54, 1.807) is 0 Å². The van der Waals surface area contributed by atoms with Gasteiger partial charge >= 0.3 is 0 Å². The number of hydrogen-bond acceptors (Lipinski definition) is 2. The Morgan fingerprint density at radius 3 is 2.71 bits per heavy atom. The molecular weight excluding hydrogens is 208 g/mol. The largest absolute Gasteiger partial charge is 0.399 e. The van der Waals surface area contributed by atoms with E-state index in [9.17, 15) is 0 Å². The summed E-state index contributed by atoms with van der Waals surface area (Å²) in [5.74, 6) is 0. The predicted molar refractivity (Wildman–Crippen MR) is 70.4 cm³/mol. The van der Waals surface area contributed by atoms with Gasteiger partial charge in [0.25, 0.3) is 0 Å². The maximum Gasteiger partial charge on any atom is 0.0991 e. The second-order valence-corrected chi connectivity index (χ2v) is 3.96. The van der Waals surface area contributed by atoms with Gasteiger partial charge in [0, 0.05) is 5.69 Å². The molecule has 2 N–H and O–H groups in total. The average molecular weight is 222 g/mol. The molecule has 2 heteroatoms. The van der Waals surface area contributed by atoms with Crippen molar-refractivity contribution in [2.75, 3.05) is 5.73 Å². The smallest absolute Gasteiger partial charge is 0.0991 e. The van der Waals surface area contributed by atoms with E-state index in [1.165, 1.54) is 5.56 Å². The summed E-state index contributed by atoms with van der Waals surface area (Å²) in [5, 5.41) is 8.91. The van der Waals surface area contributed by atoms with Crippen molar-refractivity contribution in [3.8, 4) is 17.2 Å². The Balaban J connectivity index is 2.56. The van der Waals surface area contributed by atoms with Gasteiger partial charge in [-0.25, -0.2) is 0 Å². The monoisotopic (exact) mass is 222 g/mol. The van der Waals surface area contributed by atoms with Gasteiger partial charge in [-0.1, -0.05) is 25.1 Å². The van der Waals surface area contributed by atoms with Gasteiger partial charge < -0.3 is 5.73 Å². The maximum absolute atomic E-state index is 8.91. The average Bonchev–Trinajstić information content (AvgIpc) is 2.38. The summed E-state index contributed by atoms with van der Waals surface area (Å²) in [7, 11) is 0. The fraction of sp³-hybridized carbons (Fsp3) is 0.133. The van der Waals surface area contributed by atoms with Gasteiger partial charge in [-0.2, -0.15) is 5.26 Å². The Hall–Kier alpha value is -2.27. The first-order valence-corrected chi connectivity index (χ1v) is 5.63. The third kappa shape index (κ3) is 2.29. The van der Waals surface area contributed by atoms with Crippen LogP contribution < -0.4 is 5.73 Å². The summed E-state index contributed by atoms with van der Waals surface area (Å²) >= 11 is 0. The highest BCUT2D eigenvalue weighted by Crippen LogP contribution is 2.26. The Kier molecular flexibility index (Phi) is 3.11. The minimum absolute atomic E-state index is 0.682. The molecule has 0 saturated carbocycles. The van der Waals surface area contributed by atoms with Crippen molar-refractivity contribution >= 4 is 5.69 Å². The predicted octanol–water partition coefficient (Wildman–Crippen LogP) is 3.37. The van der Waals surface area contributed by atoms with E-state index in [-0.39, 0.29) is 0 Å². The molecule has 84 valence electrons. The molecular formula is C15H14N2. The topological polar surface area (TPSA) is 49.8 Å². The van der Waals surface area contributed by atoms with Gasteiger partial charge in [0.15, 0.2) is 0 Å². The van der Waals surface area contributed by atoms with E-state index < -0.39 is 0 Å². The summed E-state index contributed by atoms with van der Waals surface area (Å²) in [6, 6.07) is 15.7. The molecule has 0 spiro atoms. The van der Waals surface area contributed by atoms with Crippen molar-refractivity contribution < 1.29 is 0 Å². The minimum atomic E-state index is 0.682. The summed E-state index contributed by atoms with van der Waals surface area (Å²) in [6.07, 6.45) is 0.928. The van der Waals surface area contributed by atoms with Crippen LogP contribution in [0.5, 0.6) is 0 Å². The van der Waals surface area contributed by atoms with Gasteiger partial charge in [0.1, 0.15) is 0 Å². The highest BCUT2D eigenvalue weighted by Gasteiger charge is 2.04. The first-order valence-electron chi connectivity index (χ1n) is 5.63. The fourth-order valence-electron chi connectivity index (χ4n) is 1.94. The molecule has 2 rings (SSSR count). The van der Waals surface area contributed by atoms with E-state index in [0.29, 0.717) is 5.56 Å². The maximum atomic E-state index is 8.91. The number of benzene rings is 2. The zero-order valence-electron chi connectivity index (χ0n) is 9.77. The standard InChI is InChI=1S/C15H14N2/c1-2-12-9-14(17)6-7-15(12)13-5-3-4-11(8-13)10-16/h3-9H,2,17H2,1H3. The lowest BCUT2D eigenvalue weighted by Gasteiger charge is -2.09. The van der Waals surface area contributed by atoms with Crippen LogP contribution in [-0.2, 0) is 6.42 Å². The first-order chi connectivity index (χ1) is 8.24. The molecule has 0 bridgehead atoms. The van der Waals surface area contributed by atoms with Crippen molar-refractivity contribution in [2.24, 2.45) is 0 Å². The van der Waals surface area contributed by atoms with Gasteiger partial charge in [-0.15, -0.1) is 0 Å². The van der Waals surface area contributed by atoms with Crippen molar-refractivity contribution in [3.63, 3.8) is 0 Å². The summed E-state index contributed by atoms with van der Waals surface area (Å²) < 4.78 is 0. The summed E-state index contributed by atoms with van der Waals surface area (Å²) in [5.41, 5.74) is 10.7. The van der Waals surface area contributed by atoms with E-state index in [2.05, 4.69) is 13.0 Å². The minimum Gasteiger partial charge on any atom is -0.399 e. The fourth-order valence-corrected chi connectivity index (χ4v) is 1.94. The normalized spacial score (nSPS) is 9.88. The Bertz CT molecular complexity index is 580.